The lowest BCUT2D eigenvalue weighted by Crippen LogP contribution is -2.16. The standard InChI is InChI=1S/C27H28F3N7O/c1-14-10-16(6-8-19(14)28)18-12-27(3,4)22-23(18)34-26(35-24(22)31-5)33-17-7-9-20(21(11-17)38-25(29)30)37-13-32-15(2)36-37/h6-11,13,18,25H,12H2,1-5H3,(H2,31,33,34,35). The SMILES string of the molecule is CNc1nc(Nc2ccc(-n3cnc(C)n3)c(OC(F)F)c2)nc2c1C(C)(C)CC2c1ccc(F)c(C)c1. The lowest BCUT2D eigenvalue weighted by atomic mass is 9.85. The molecule has 0 spiro atoms. The van der Waals surface area contributed by atoms with Gasteiger partial charge < -0.3 is 15.4 Å². The van der Waals surface area contributed by atoms with E-state index in [1.54, 1.807) is 39.1 Å². The molecular weight excluding hydrogens is 495 g/mol. The number of ether oxygens (including phenoxy) is 1. The molecule has 2 N–H and O–H groups in total. The van der Waals surface area contributed by atoms with Crippen molar-refractivity contribution < 1.29 is 17.9 Å². The zero-order chi connectivity index (χ0) is 27.2. The smallest absolute Gasteiger partial charge is 0.387 e. The minimum Gasteiger partial charge on any atom is -0.432 e. The highest BCUT2D eigenvalue weighted by Crippen LogP contribution is 2.50. The highest BCUT2D eigenvalue weighted by atomic mass is 19.3. The molecule has 1 aliphatic rings. The molecule has 2 aromatic carbocycles. The summed E-state index contributed by atoms with van der Waals surface area (Å²) in [5, 5.41) is 10.5. The van der Waals surface area contributed by atoms with Crippen LogP contribution in [0, 0.1) is 19.7 Å². The maximum atomic E-state index is 14.0. The Morgan fingerprint density at radius 2 is 1.89 bits per heavy atom. The van der Waals surface area contributed by atoms with Crippen LogP contribution in [0.15, 0.2) is 42.7 Å². The van der Waals surface area contributed by atoms with Gasteiger partial charge in [0.15, 0.2) is 5.75 Å². The van der Waals surface area contributed by atoms with E-state index in [9.17, 15) is 13.2 Å². The van der Waals surface area contributed by atoms with Gasteiger partial charge >= 0.3 is 6.61 Å². The first kappa shape index (κ1) is 25.5. The molecule has 5 rings (SSSR count). The number of fused-ring (bicyclic) bond motifs is 1. The molecule has 1 atom stereocenters. The Bertz CT molecular complexity index is 1500. The molecule has 8 nitrogen and oxygen atoms in total. The normalized spacial score (nSPS) is 16.0. The number of anilines is 3. The van der Waals surface area contributed by atoms with Crippen LogP contribution in [0.25, 0.3) is 5.69 Å². The topological polar surface area (TPSA) is 89.8 Å². The molecule has 0 aliphatic heterocycles. The van der Waals surface area contributed by atoms with Gasteiger partial charge in [0.05, 0.1) is 5.69 Å². The van der Waals surface area contributed by atoms with Crippen LogP contribution in [0.3, 0.4) is 0 Å². The molecular formula is C27H28F3N7O. The fraction of sp³-hybridized carbons (Fsp3) is 0.333. The van der Waals surface area contributed by atoms with Crippen LogP contribution in [0.4, 0.5) is 30.6 Å². The Kier molecular flexibility index (Phi) is 6.46. The molecule has 0 saturated heterocycles. The van der Waals surface area contributed by atoms with E-state index in [0.717, 1.165) is 23.2 Å². The van der Waals surface area contributed by atoms with Crippen molar-refractivity contribution in [3.05, 3.63) is 76.8 Å². The lowest BCUT2D eigenvalue weighted by Gasteiger charge is -2.21. The first-order chi connectivity index (χ1) is 18.1. The quantitative estimate of drug-likeness (QED) is 0.306. The molecule has 1 unspecified atom stereocenters. The average Bonchev–Trinajstić information content (AvgIpc) is 3.40. The molecule has 0 saturated carbocycles. The van der Waals surface area contributed by atoms with Crippen molar-refractivity contribution in [3.8, 4) is 11.4 Å². The number of halogens is 3. The molecule has 2 aromatic heterocycles. The fourth-order valence-electron chi connectivity index (χ4n) is 5.07. The Labute approximate surface area is 218 Å². The monoisotopic (exact) mass is 523 g/mol. The zero-order valence-corrected chi connectivity index (χ0v) is 21.7. The highest BCUT2D eigenvalue weighted by molar-refractivity contribution is 5.65. The molecule has 0 bridgehead atoms. The minimum atomic E-state index is -3.03. The van der Waals surface area contributed by atoms with Crippen LogP contribution in [-0.2, 0) is 5.41 Å². The number of aryl methyl sites for hydroxylation is 2. The minimum absolute atomic E-state index is 0.0643. The maximum Gasteiger partial charge on any atom is 0.387 e. The average molecular weight is 524 g/mol. The van der Waals surface area contributed by atoms with Gasteiger partial charge in [-0.05, 0) is 55.0 Å². The Morgan fingerprint density at radius 1 is 1.11 bits per heavy atom. The third-order valence-electron chi connectivity index (χ3n) is 6.76. The molecule has 38 heavy (non-hydrogen) atoms. The highest BCUT2D eigenvalue weighted by Gasteiger charge is 2.42. The molecule has 0 amide bonds. The second-order valence-corrected chi connectivity index (χ2v) is 9.98. The number of aromatic nitrogens is 5. The van der Waals surface area contributed by atoms with Gasteiger partial charge in [-0.3, -0.25) is 0 Å². The van der Waals surface area contributed by atoms with Crippen LogP contribution in [0.2, 0.25) is 0 Å². The zero-order valence-electron chi connectivity index (χ0n) is 21.7. The van der Waals surface area contributed by atoms with Gasteiger partial charge in [0.1, 0.15) is 29.5 Å². The van der Waals surface area contributed by atoms with Crippen LogP contribution < -0.4 is 15.4 Å². The van der Waals surface area contributed by atoms with E-state index in [1.807, 2.05) is 6.07 Å². The van der Waals surface area contributed by atoms with Crippen LogP contribution in [0.5, 0.6) is 5.75 Å². The summed E-state index contributed by atoms with van der Waals surface area (Å²) in [5.41, 5.74) is 3.92. The molecule has 11 heteroatoms. The van der Waals surface area contributed by atoms with Crippen LogP contribution in [0.1, 0.15) is 54.4 Å². The van der Waals surface area contributed by atoms with Crippen molar-refractivity contribution in [1.82, 2.24) is 24.7 Å². The summed E-state index contributed by atoms with van der Waals surface area (Å²) in [7, 11) is 1.79. The summed E-state index contributed by atoms with van der Waals surface area (Å²) in [5.74, 6) is 1.06. The first-order valence-corrected chi connectivity index (χ1v) is 12.2. The van der Waals surface area contributed by atoms with E-state index in [1.165, 1.54) is 23.1 Å². The number of nitrogens with one attached hydrogen (secondary N) is 2. The Hall–Kier alpha value is -4.15. The van der Waals surface area contributed by atoms with Gasteiger partial charge in [-0.1, -0.05) is 26.0 Å². The summed E-state index contributed by atoms with van der Waals surface area (Å²) in [4.78, 5) is 13.6. The summed E-state index contributed by atoms with van der Waals surface area (Å²) < 4.78 is 46.6. The van der Waals surface area contributed by atoms with Crippen molar-refractivity contribution in [2.75, 3.05) is 17.7 Å². The predicted octanol–water partition coefficient (Wildman–Crippen LogP) is 6.01. The predicted molar refractivity (Wildman–Crippen MR) is 138 cm³/mol. The number of nitrogens with zero attached hydrogens (tertiary/aromatic N) is 5. The third kappa shape index (κ3) is 4.75. The van der Waals surface area contributed by atoms with Crippen molar-refractivity contribution in [3.63, 3.8) is 0 Å². The molecule has 1 aliphatic carbocycles. The number of alkyl halides is 2. The maximum absolute atomic E-state index is 14.0. The number of rotatable bonds is 7. The van der Waals surface area contributed by atoms with Crippen LogP contribution >= 0.6 is 0 Å². The second-order valence-electron chi connectivity index (χ2n) is 9.98. The third-order valence-corrected chi connectivity index (χ3v) is 6.76. The molecule has 198 valence electrons. The van der Waals surface area contributed by atoms with Crippen molar-refractivity contribution in [1.29, 1.82) is 0 Å². The van der Waals surface area contributed by atoms with Gasteiger partial charge in [-0.2, -0.15) is 18.9 Å². The van der Waals surface area contributed by atoms with Gasteiger partial charge in [-0.15, -0.1) is 0 Å². The Balaban J connectivity index is 1.55. The van der Waals surface area contributed by atoms with E-state index < -0.39 is 6.61 Å². The summed E-state index contributed by atoms with van der Waals surface area (Å²) in [6.07, 6.45) is 2.20. The van der Waals surface area contributed by atoms with E-state index >= 15 is 0 Å². The van der Waals surface area contributed by atoms with E-state index in [4.69, 9.17) is 9.72 Å². The van der Waals surface area contributed by atoms with E-state index in [2.05, 4.69) is 39.5 Å². The van der Waals surface area contributed by atoms with Gasteiger partial charge in [-0.25, -0.2) is 19.0 Å². The van der Waals surface area contributed by atoms with Crippen molar-refractivity contribution in [2.45, 2.75) is 52.1 Å². The lowest BCUT2D eigenvalue weighted by molar-refractivity contribution is -0.0498. The van der Waals surface area contributed by atoms with E-state index in [-0.39, 0.29) is 22.9 Å². The van der Waals surface area contributed by atoms with Crippen molar-refractivity contribution >= 4 is 17.5 Å². The molecule has 0 radical (unpaired) electrons. The fourth-order valence-corrected chi connectivity index (χ4v) is 5.07. The largest absolute Gasteiger partial charge is 0.432 e. The molecule has 2 heterocycles. The Morgan fingerprint density at radius 3 is 2.55 bits per heavy atom. The van der Waals surface area contributed by atoms with Gasteiger partial charge in [0, 0.05) is 30.3 Å². The summed E-state index contributed by atoms with van der Waals surface area (Å²) >= 11 is 0. The van der Waals surface area contributed by atoms with Crippen molar-refractivity contribution in [2.24, 2.45) is 0 Å². The number of benzene rings is 2. The molecule has 0 fully saturated rings. The molecule has 4 aromatic rings. The van der Waals surface area contributed by atoms with Gasteiger partial charge in [0.2, 0.25) is 5.95 Å². The van der Waals surface area contributed by atoms with Crippen LogP contribution in [-0.4, -0.2) is 38.4 Å². The summed E-state index contributed by atoms with van der Waals surface area (Å²) in [6, 6.07) is 9.89. The first-order valence-electron chi connectivity index (χ1n) is 12.2. The number of hydrogen-bond acceptors (Lipinski definition) is 7. The van der Waals surface area contributed by atoms with E-state index in [0.29, 0.717) is 34.5 Å². The summed E-state index contributed by atoms with van der Waals surface area (Å²) in [6.45, 7) is 4.69. The second kappa shape index (κ2) is 9.62. The number of hydrogen-bond donors (Lipinski definition) is 2. The van der Waals surface area contributed by atoms with Gasteiger partial charge in [0.25, 0.3) is 0 Å².